The van der Waals surface area contributed by atoms with E-state index in [4.69, 9.17) is 37.0 Å². The Bertz CT molecular complexity index is 1870. The highest BCUT2D eigenvalue weighted by atomic mass is 31.2. The van der Waals surface area contributed by atoms with E-state index in [0.717, 1.165) is 95.8 Å². The number of unbranched alkanes of at least 4 members (excludes halogenated alkanes) is 51. The average molecular weight is 1440 g/mol. The van der Waals surface area contributed by atoms with Crippen LogP contribution in [-0.4, -0.2) is 96.7 Å². The zero-order valence-electron chi connectivity index (χ0n) is 63.9. The lowest BCUT2D eigenvalue weighted by atomic mass is 10.0. The van der Waals surface area contributed by atoms with Crippen molar-refractivity contribution < 1.29 is 80.2 Å². The molecule has 2 unspecified atom stereocenters. The van der Waals surface area contributed by atoms with Crippen LogP contribution in [0.4, 0.5) is 0 Å². The van der Waals surface area contributed by atoms with Gasteiger partial charge in [0.2, 0.25) is 0 Å². The molecule has 0 fully saturated rings. The molecule has 0 saturated carbocycles. The molecule has 19 heteroatoms. The van der Waals surface area contributed by atoms with Gasteiger partial charge in [0.15, 0.2) is 12.2 Å². The molecule has 5 atom stereocenters. The first-order valence-corrected chi connectivity index (χ1v) is 44.1. The van der Waals surface area contributed by atoms with Crippen LogP contribution in [0.2, 0.25) is 0 Å². The van der Waals surface area contributed by atoms with Gasteiger partial charge < -0.3 is 33.8 Å². The number of rotatable bonds is 79. The Morgan fingerprint density at radius 2 is 0.469 bits per heavy atom. The zero-order chi connectivity index (χ0) is 71.9. The molecule has 0 aromatic carbocycles. The Balaban J connectivity index is 5.25. The Morgan fingerprint density at radius 1 is 0.276 bits per heavy atom. The number of aliphatic hydroxyl groups excluding tert-OH is 1. The standard InChI is InChI=1S/C79H154O17P2/c1-6-9-12-15-18-21-24-26-28-30-32-38-43-48-53-58-63-77(82)90-69-75(95-78(83)64-59-54-49-44-39-33-31-29-27-25-22-19-16-13-10-7-2)71-94-98(87,88)92-67-73(80)66-91-97(85,86)93-70-74(68-89-76(81)62-57-52-47-42-36-23-20-17-14-11-8-3)96-79(84)65-60-55-50-45-40-35-34-37-41-46-51-56-61-72(4)5/h72-75,80H,6-71H2,1-5H3,(H,85,86)(H,87,88)/t73-,74+,75+/m0/s1. The van der Waals surface area contributed by atoms with Crippen LogP contribution >= 0.6 is 15.6 Å². The summed E-state index contributed by atoms with van der Waals surface area (Å²) in [7, 11) is -9.92. The topological polar surface area (TPSA) is 237 Å². The molecule has 0 aromatic heterocycles. The van der Waals surface area contributed by atoms with Crippen LogP contribution in [0.25, 0.3) is 0 Å². The maximum atomic E-state index is 13.1. The first kappa shape index (κ1) is 96.1. The number of phosphoric acid groups is 2. The number of hydrogen-bond acceptors (Lipinski definition) is 15. The van der Waals surface area contributed by atoms with E-state index in [0.29, 0.717) is 25.7 Å². The molecule has 0 bridgehead atoms. The normalized spacial score (nSPS) is 13.9. The number of carbonyl (C=O) groups excluding carboxylic acids is 4. The van der Waals surface area contributed by atoms with Crippen LogP contribution in [0.3, 0.4) is 0 Å². The molecule has 0 aliphatic rings. The first-order chi connectivity index (χ1) is 47.5. The highest BCUT2D eigenvalue weighted by Crippen LogP contribution is 2.45. The van der Waals surface area contributed by atoms with Gasteiger partial charge in [0.1, 0.15) is 19.3 Å². The molecule has 98 heavy (non-hydrogen) atoms. The molecular formula is C79H154O17P2. The largest absolute Gasteiger partial charge is 0.472 e. The van der Waals surface area contributed by atoms with Crippen LogP contribution in [0.5, 0.6) is 0 Å². The summed E-state index contributed by atoms with van der Waals surface area (Å²) in [5, 5.41) is 10.6. The van der Waals surface area contributed by atoms with Crippen LogP contribution in [0.1, 0.15) is 420 Å². The summed E-state index contributed by atoms with van der Waals surface area (Å²) in [4.78, 5) is 73.0. The van der Waals surface area contributed by atoms with Crippen LogP contribution in [0, 0.1) is 5.92 Å². The zero-order valence-corrected chi connectivity index (χ0v) is 65.7. The van der Waals surface area contributed by atoms with E-state index >= 15 is 0 Å². The molecule has 0 rings (SSSR count). The second-order valence-corrected chi connectivity index (χ2v) is 31.8. The molecular weight excluding hydrogens is 1280 g/mol. The lowest BCUT2D eigenvalue weighted by Gasteiger charge is -2.21. The predicted molar refractivity (Wildman–Crippen MR) is 400 cm³/mol. The lowest BCUT2D eigenvalue weighted by Crippen LogP contribution is -2.30. The fraction of sp³-hybridized carbons (Fsp3) is 0.949. The lowest BCUT2D eigenvalue weighted by molar-refractivity contribution is -0.161. The van der Waals surface area contributed by atoms with E-state index in [-0.39, 0.29) is 25.7 Å². The molecule has 0 amide bonds. The molecule has 0 heterocycles. The average Bonchev–Trinajstić information content (AvgIpc) is 0.969. The minimum atomic E-state index is -4.96. The summed E-state index contributed by atoms with van der Waals surface area (Å²) in [6, 6.07) is 0. The van der Waals surface area contributed by atoms with Gasteiger partial charge in [-0.15, -0.1) is 0 Å². The fourth-order valence-corrected chi connectivity index (χ4v) is 13.8. The summed E-state index contributed by atoms with van der Waals surface area (Å²) in [5.41, 5.74) is 0. The van der Waals surface area contributed by atoms with Crippen molar-refractivity contribution in [2.45, 2.75) is 438 Å². The molecule has 0 aliphatic heterocycles. The van der Waals surface area contributed by atoms with E-state index in [1.807, 2.05) is 0 Å². The van der Waals surface area contributed by atoms with Crippen LogP contribution in [0.15, 0.2) is 0 Å². The van der Waals surface area contributed by atoms with E-state index in [2.05, 4.69) is 34.6 Å². The first-order valence-electron chi connectivity index (χ1n) is 41.1. The number of hydrogen-bond donors (Lipinski definition) is 3. The fourth-order valence-electron chi connectivity index (χ4n) is 12.2. The Hall–Kier alpha value is -1.94. The minimum absolute atomic E-state index is 0.108. The summed E-state index contributed by atoms with van der Waals surface area (Å²) in [6.45, 7) is 7.33. The van der Waals surface area contributed by atoms with Crippen LogP contribution < -0.4 is 0 Å². The van der Waals surface area contributed by atoms with Gasteiger partial charge in [0, 0.05) is 25.7 Å². The highest BCUT2D eigenvalue weighted by molar-refractivity contribution is 7.47. The maximum absolute atomic E-state index is 13.1. The van der Waals surface area contributed by atoms with E-state index in [1.54, 1.807) is 0 Å². The summed E-state index contributed by atoms with van der Waals surface area (Å²) in [5.74, 6) is -1.33. The predicted octanol–water partition coefficient (Wildman–Crippen LogP) is 23.6. The van der Waals surface area contributed by atoms with Crippen molar-refractivity contribution >= 4 is 39.5 Å². The van der Waals surface area contributed by atoms with E-state index < -0.39 is 97.5 Å². The highest BCUT2D eigenvalue weighted by Gasteiger charge is 2.30. The quantitative estimate of drug-likeness (QED) is 0.0222. The SMILES string of the molecule is CCCCCCCCCCCCCCCCCCC(=O)OC[C@H](COP(=O)(O)OC[C@@H](O)COP(=O)(O)OC[C@@H](COC(=O)CCCCCCCCCCCCC)OC(=O)CCCCCCCCCCCCCCC(C)C)OC(=O)CCCCCCCCCCCCCCCCCC. The van der Waals surface area contributed by atoms with Gasteiger partial charge in [-0.2, -0.15) is 0 Å². The van der Waals surface area contributed by atoms with Gasteiger partial charge in [-0.25, -0.2) is 9.13 Å². The maximum Gasteiger partial charge on any atom is 0.472 e. The number of carbonyl (C=O) groups is 4. The van der Waals surface area contributed by atoms with Crippen molar-refractivity contribution in [2.24, 2.45) is 5.92 Å². The van der Waals surface area contributed by atoms with E-state index in [1.165, 1.54) is 244 Å². The van der Waals surface area contributed by atoms with Crippen molar-refractivity contribution in [3.8, 4) is 0 Å². The van der Waals surface area contributed by atoms with Gasteiger partial charge >= 0.3 is 39.5 Å². The van der Waals surface area contributed by atoms with Gasteiger partial charge in [0.25, 0.3) is 0 Å². The van der Waals surface area contributed by atoms with Gasteiger partial charge in [0.05, 0.1) is 26.4 Å². The molecule has 0 saturated heterocycles. The number of phosphoric ester groups is 2. The smallest absolute Gasteiger partial charge is 0.462 e. The van der Waals surface area contributed by atoms with Gasteiger partial charge in [-0.05, 0) is 31.6 Å². The van der Waals surface area contributed by atoms with Crippen molar-refractivity contribution in [1.29, 1.82) is 0 Å². The third kappa shape index (κ3) is 72.4. The number of ether oxygens (including phenoxy) is 4. The molecule has 17 nitrogen and oxygen atoms in total. The molecule has 0 aliphatic carbocycles. The van der Waals surface area contributed by atoms with Gasteiger partial charge in [-0.1, -0.05) is 369 Å². The number of esters is 4. The summed E-state index contributed by atoms with van der Waals surface area (Å²) < 4.78 is 68.7. The Morgan fingerprint density at radius 3 is 0.694 bits per heavy atom. The minimum Gasteiger partial charge on any atom is -0.462 e. The van der Waals surface area contributed by atoms with E-state index in [9.17, 15) is 43.2 Å². The summed E-state index contributed by atoms with van der Waals surface area (Å²) >= 11 is 0. The molecule has 3 N–H and O–H groups in total. The number of aliphatic hydroxyl groups is 1. The second kappa shape index (κ2) is 72.0. The van der Waals surface area contributed by atoms with Crippen molar-refractivity contribution in [2.75, 3.05) is 39.6 Å². The molecule has 0 radical (unpaired) electrons. The van der Waals surface area contributed by atoms with Crippen LogP contribution in [-0.2, 0) is 65.4 Å². The second-order valence-electron chi connectivity index (χ2n) is 28.9. The Labute approximate surface area is 600 Å². The monoisotopic (exact) mass is 1440 g/mol. The molecule has 0 spiro atoms. The Kier molecular flexibility index (Phi) is 70.6. The molecule has 582 valence electrons. The summed E-state index contributed by atoms with van der Waals surface area (Å²) in [6.07, 6.45) is 62.2. The van der Waals surface area contributed by atoms with Gasteiger partial charge in [-0.3, -0.25) is 37.3 Å². The third-order valence-electron chi connectivity index (χ3n) is 18.5. The van der Waals surface area contributed by atoms with Crippen molar-refractivity contribution in [3.05, 3.63) is 0 Å². The van der Waals surface area contributed by atoms with Crippen molar-refractivity contribution in [1.82, 2.24) is 0 Å². The van der Waals surface area contributed by atoms with Crippen molar-refractivity contribution in [3.63, 3.8) is 0 Å². The molecule has 0 aromatic rings. The third-order valence-corrected chi connectivity index (χ3v) is 20.4.